The molecule has 6 rings (SSSR count). The molecule has 0 saturated heterocycles. The van der Waals surface area contributed by atoms with E-state index in [9.17, 15) is 0 Å². The molecule has 4 aromatic rings. The Bertz CT molecular complexity index is 1310. The summed E-state index contributed by atoms with van der Waals surface area (Å²) in [6.45, 7) is 17.7. The fourth-order valence-corrected chi connectivity index (χ4v) is 4.31. The average Bonchev–Trinajstić information content (AvgIpc) is 3.66. The normalized spacial score (nSPS) is 11.5. The summed E-state index contributed by atoms with van der Waals surface area (Å²) in [4.78, 5) is 0. The Morgan fingerprint density at radius 2 is 1.20 bits per heavy atom. The van der Waals surface area contributed by atoms with Crippen LogP contribution in [-0.4, -0.2) is 4.21 Å². The van der Waals surface area contributed by atoms with E-state index in [1.807, 2.05) is 60.7 Å². The van der Waals surface area contributed by atoms with E-state index in [1.165, 1.54) is 68.7 Å². The zero-order chi connectivity index (χ0) is 31.2. The van der Waals surface area contributed by atoms with Gasteiger partial charge in [0.15, 0.2) is 0 Å². The fraction of sp³-hybridized carbons (Fsp3) is 0.293. The van der Waals surface area contributed by atoms with E-state index in [1.54, 1.807) is 0 Å². The Kier molecular flexibility index (Phi) is 19.6. The summed E-state index contributed by atoms with van der Waals surface area (Å²) in [6, 6.07) is 36.8. The van der Waals surface area contributed by atoms with Crippen molar-refractivity contribution in [3.8, 4) is 11.1 Å². The van der Waals surface area contributed by atoms with Crippen molar-refractivity contribution in [1.82, 2.24) is 0 Å². The van der Waals surface area contributed by atoms with Crippen LogP contribution in [0.3, 0.4) is 0 Å². The summed E-state index contributed by atoms with van der Waals surface area (Å²) in [5.41, 5.74) is 11.3. The quantitative estimate of drug-likeness (QED) is 0.141. The van der Waals surface area contributed by atoms with Gasteiger partial charge in [-0.25, -0.2) is 12.2 Å². The number of aryl methyl sites for hydroxylation is 2. The van der Waals surface area contributed by atoms with Crippen LogP contribution in [-0.2, 0) is 41.5 Å². The van der Waals surface area contributed by atoms with Gasteiger partial charge in [-0.1, -0.05) is 79.2 Å². The second-order valence-corrected chi connectivity index (χ2v) is 12.5. The maximum absolute atomic E-state index is 3.67. The Morgan fingerprint density at radius 3 is 1.57 bits per heavy atom. The van der Waals surface area contributed by atoms with E-state index < -0.39 is 0 Å². The van der Waals surface area contributed by atoms with Crippen molar-refractivity contribution in [1.29, 1.82) is 0 Å². The standard InChI is InChI=1S/C21H25.2C7H7.C5H5.CH2.2ClH.Zr/c1-20(2,3)16-7-9-18-14(12-16)11-15-13-17(21(4,5)6)8-10-19(15)18;2*1-7-5-3-2-4-6-7;1-2-4-5-3-1;;;;/h7-10,12H,11H2,1-6H3;2*3-6H,1H3;1-3H,4H2;1H2;2*1H;/q4*-1;;;;. The third-order valence-electron chi connectivity index (χ3n) is 6.82. The van der Waals surface area contributed by atoms with Crippen LogP contribution in [0.1, 0.15) is 81.3 Å². The van der Waals surface area contributed by atoms with Gasteiger partial charge in [-0.05, 0) is 28.4 Å². The van der Waals surface area contributed by atoms with Gasteiger partial charge < -0.3 is 0 Å². The minimum absolute atomic E-state index is 0. The van der Waals surface area contributed by atoms with Crippen molar-refractivity contribution in [3.05, 3.63) is 155 Å². The summed E-state index contributed by atoms with van der Waals surface area (Å²) in [5, 5.41) is 0. The molecule has 0 amide bonds. The van der Waals surface area contributed by atoms with Gasteiger partial charge in [-0.15, -0.1) is 42.4 Å². The summed E-state index contributed by atoms with van der Waals surface area (Å²) >= 11 is 1.30. The van der Waals surface area contributed by atoms with E-state index >= 15 is 0 Å². The first kappa shape index (κ1) is 41.7. The SMILES string of the molecule is CC(C)(C)c1[c-]c2c(cc1)-c1ccc(C(C)(C)C)cc1C2.Cc1cc[c-]cc1.Cc1cc[c-]cc1.Cl.Cl.[C-]1=CC=CC1.[CH2]=[Zr]. The van der Waals surface area contributed by atoms with Crippen LogP contribution >= 0.6 is 24.8 Å². The van der Waals surface area contributed by atoms with Crippen LogP contribution in [0, 0.1) is 38.1 Å². The zero-order valence-electron chi connectivity index (χ0n) is 27.7. The third-order valence-corrected chi connectivity index (χ3v) is 6.82. The van der Waals surface area contributed by atoms with Gasteiger partial charge in [0.05, 0.1) is 0 Å². The van der Waals surface area contributed by atoms with Crippen LogP contribution in [0.15, 0.2) is 97.1 Å². The van der Waals surface area contributed by atoms with E-state index in [2.05, 4.69) is 120 Å². The third kappa shape index (κ3) is 14.2. The first-order chi connectivity index (χ1) is 19.9. The molecule has 0 heterocycles. The number of hydrogen-bond acceptors (Lipinski definition) is 0. The molecule has 44 heavy (non-hydrogen) atoms. The number of benzene rings is 4. The predicted octanol–water partition coefficient (Wildman–Crippen LogP) is 11.4. The second-order valence-electron chi connectivity index (χ2n) is 12.5. The second kappa shape index (κ2) is 20.7. The maximum atomic E-state index is 3.67. The predicted molar refractivity (Wildman–Crippen MR) is 194 cm³/mol. The summed E-state index contributed by atoms with van der Waals surface area (Å²) in [7, 11) is 0. The number of halogens is 2. The molecule has 2 aliphatic rings. The Labute approximate surface area is 296 Å². The molecule has 0 fully saturated rings. The molecule has 0 saturated carbocycles. The minimum atomic E-state index is 0. The molecule has 0 unspecified atom stereocenters. The van der Waals surface area contributed by atoms with E-state index in [-0.39, 0.29) is 35.6 Å². The fourth-order valence-electron chi connectivity index (χ4n) is 4.31. The Hall–Kier alpha value is -2.31. The van der Waals surface area contributed by atoms with Crippen molar-refractivity contribution in [2.75, 3.05) is 0 Å². The monoisotopic (exact) mass is 700 g/mol. The van der Waals surface area contributed by atoms with Gasteiger partial charge >= 0.3 is 28.4 Å². The van der Waals surface area contributed by atoms with Crippen LogP contribution in [0.4, 0.5) is 0 Å². The molecule has 0 bridgehead atoms. The van der Waals surface area contributed by atoms with Crippen molar-refractivity contribution < 1.29 is 24.2 Å². The molecule has 0 N–H and O–H groups in total. The Morgan fingerprint density at radius 1 is 0.682 bits per heavy atom. The molecular formula is C41H48Cl2Zr-4. The van der Waals surface area contributed by atoms with Crippen molar-refractivity contribution in [2.24, 2.45) is 0 Å². The molecule has 4 aromatic carbocycles. The molecule has 0 atom stereocenters. The summed E-state index contributed by atoms with van der Waals surface area (Å²) in [6.07, 6.45) is 11.0. The number of hydrogen-bond donors (Lipinski definition) is 0. The molecule has 0 nitrogen and oxygen atoms in total. The van der Waals surface area contributed by atoms with Gasteiger partial charge in [-0.2, -0.15) is 102 Å². The van der Waals surface area contributed by atoms with E-state index in [4.69, 9.17) is 0 Å². The topological polar surface area (TPSA) is 0 Å². The van der Waals surface area contributed by atoms with Crippen molar-refractivity contribution >= 4 is 29.0 Å². The van der Waals surface area contributed by atoms with Gasteiger partial charge in [0.25, 0.3) is 0 Å². The molecule has 2 aliphatic carbocycles. The first-order valence-corrected chi connectivity index (χ1v) is 16.3. The number of rotatable bonds is 0. The van der Waals surface area contributed by atoms with Gasteiger partial charge in [0.2, 0.25) is 0 Å². The van der Waals surface area contributed by atoms with Gasteiger partial charge in [0, 0.05) is 0 Å². The van der Waals surface area contributed by atoms with Crippen molar-refractivity contribution in [2.45, 2.75) is 79.1 Å². The van der Waals surface area contributed by atoms with E-state index in [0.717, 1.165) is 12.8 Å². The van der Waals surface area contributed by atoms with Crippen LogP contribution < -0.4 is 0 Å². The summed E-state index contributed by atoms with van der Waals surface area (Å²) in [5.74, 6) is 0. The molecular weight excluding hydrogens is 655 g/mol. The van der Waals surface area contributed by atoms with Crippen LogP contribution in [0.25, 0.3) is 11.1 Å². The molecule has 0 aromatic heterocycles. The Balaban J connectivity index is 0.000000658. The first-order valence-electron chi connectivity index (χ1n) is 14.6. The van der Waals surface area contributed by atoms with Gasteiger partial charge in [-0.3, -0.25) is 6.08 Å². The van der Waals surface area contributed by atoms with Crippen LogP contribution in [0.2, 0.25) is 0 Å². The molecule has 0 aliphatic heterocycles. The van der Waals surface area contributed by atoms with Crippen LogP contribution in [0.5, 0.6) is 0 Å². The number of allylic oxidation sites excluding steroid dienone is 4. The number of fused-ring (bicyclic) bond motifs is 3. The molecule has 0 radical (unpaired) electrons. The molecule has 3 heteroatoms. The molecule has 0 spiro atoms. The summed E-state index contributed by atoms with van der Waals surface area (Å²) < 4.78 is 3.34. The molecule has 234 valence electrons. The van der Waals surface area contributed by atoms with E-state index in [0.29, 0.717) is 0 Å². The van der Waals surface area contributed by atoms with Crippen molar-refractivity contribution in [3.63, 3.8) is 0 Å². The average molecular weight is 703 g/mol. The zero-order valence-corrected chi connectivity index (χ0v) is 31.8. The van der Waals surface area contributed by atoms with Gasteiger partial charge in [0.1, 0.15) is 0 Å².